The molecule has 2 fully saturated rings. The highest BCUT2D eigenvalue weighted by Crippen LogP contribution is 2.35. The largest absolute Gasteiger partial charge is 0.374 e. The third-order valence-corrected chi connectivity index (χ3v) is 3.70. The predicted octanol–water partition coefficient (Wildman–Crippen LogP) is 1.42. The van der Waals surface area contributed by atoms with Crippen LogP contribution in [0.3, 0.4) is 0 Å². The van der Waals surface area contributed by atoms with Crippen LogP contribution in [0.25, 0.3) is 0 Å². The molecule has 3 aliphatic rings. The molecule has 1 aliphatic carbocycles. The van der Waals surface area contributed by atoms with Gasteiger partial charge < -0.3 is 9.74 Å². The van der Waals surface area contributed by atoms with Crippen LogP contribution in [0.1, 0.15) is 32.1 Å². The Morgan fingerprint density at radius 1 is 1.10 bits per heavy atom. The van der Waals surface area contributed by atoms with Crippen molar-refractivity contribution in [3.8, 4) is 0 Å². The highest BCUT2D eigenvalue weighted by Gasteiger charge is 2.33. The van der Waals surface area contributed by atoms with Crippen molar-refractivity contribution in [2.75, 3.05) is 6.54 Å². The summed E-state index contributed by atoms with van der Waals surface area (Å²) in [5.74, 6) is -0.0799. The second-order valence-corrected chi connectivity index (χ2v) is 5.26. The number of nitrogens with zero attached hydrogens (tertiary/aromatic N) is 2. The molecule has 1 saturated carbocycles. The lowest BCUT2D eigenvalue weighted by Crippen LogP contribution is -2.30. The Hall–Kier alpha value is -2.37. The van der Waals surface area contributed by atoms with Gasteiger partial charge >= 0.3 is 0 Å². The molecule has 6 heteroatoms. The van der Waals surface area contributed by atoms with E-state index in [2.05, 4.69) is 6.58 Å². The summed E-state index contributed by atoms with van der Waals surface area (Å²) in [5, 5.41) is 0.861. The maximum absolute atomic E-state index is 11.6. The van der Waals surface area contributed by atoms with Gasteiger partial charge in [-0.15, -0.1) is 5.06 Å². The van der Waals surface area contributed by atoms with Crippen molar-refractivity contribution >= 4 is 17.7 Å². The fraction of sp³-hybridized carbons (Fsp3) is 0.400. The zero-order valence-electron chi connectivity index (χ0n) is 11.6. The Kier molecular flexibility index (Phi) is 3.37. The highest BCUT2D eigenvalue weighted by atomic mass is 16.7. The topological polar surface area (TPSA) is 66.9 Å². The van der Waals surface area contributed by atoms with E-state index >= 15 is 0 Å². The molecule has 0 aromatic heterocycles. The quantitative estimate of drug-likeness (QED) is 0.567. The zero-order valence-corrected chi connectivity index (χ0v) is 11.6. The third-order valence-electron chi connectivity index (χ3n) is 3.70. The van der Waals surface area contributed by atoms with Crippen LogP contribution < -0.4 is 0 Å². The molecule has 2 aliphatic heterocycles. The van der Waals surface area contributed by atoms with Gasteiger partial charge in [0, 0.05) is 37.6 Å². The summed E-state index contributed by atoms with van der Waals surface area (Å²) in [6.07, 6.45) is 5.84. The summed E-state index contributed by atoms with van der Waals surface area (Å²) in [6.45, 7) is 4.22. The van der Waals surface area contributed by atoms with E-state index < -0.39 is 0 Å². The van der Waals surface area contributed by atoms with Gasteiger partial charge in [-0.3, -0.25) is 14.4 Å². The van der Waals surface area contributed by atoms with Crippen LogP contribution in [0.5, 0.6) is 0 Å². The summed E-state index contributed by atoms with van der Waals surface area (Å²) in [6, 6.07) is 0. The van der Waals surface area contributed by atoms with Crippen LogP contribution in [0.2, 0.25) is 0 Å². The van der Waals surface area contributed by atoms with Gasteiger partial charge in [0.2, 0.25) is 0 Å². The smallest absolute Gasteiger partial charge is 0.263 e. The van der Waals surface area contributed by atoms with E-state index in [0.717, 1.165) is 23.5 Å². The average molecular weight is 288 g/mol. The monoisotopic (exact) mass is 288 g/mol. The first-order valence-electron chi connectivity index (χ1n) is 6.99. The normalized spacial score (nSPS) is 20.9. The summed E-state index contributed by atoms with van der Waals surface area (Å²) >= 11 is 0. The molecule has 110 valence electrons. The molecule has 0 unspecified atom stereocenters. The van der Waals surface area contributed by atoms with Crippen molar-refractivity contribution in [2.45, 2.75) is 32.1 Å². The number of allylic oxidation sites excluding steroid dienone is 2. The number of amides is 3. The fourth-order valence-electron chi connectivity index (χ4n) is 2.35. The molecule has 0 bridgehead atoms. The Morgan fingerprint density at radius 3 is 2.29 bits per heavy atom. The molecule has 21 heavy (non-hydrogen) atoms. The first kappa shape index (κ1) is 13.6. The van der Waals surface area contributed by atoms with Crippen molar-refractivity contribution in [1.82, 2.24) is 9.96 Å². The van der Waals surface area contributed by atoms with Gasteiger partial charge in [-0.2, -0.15) is 0 Å². The minimum Gasteiger partial charge on any atom is -0.374 e. The third kappa shape index (κ3) is 2.74. The first-order valence-corrected chi connectivity index (χ1v) is 6.99. The van der Waals surface area contributed by atoms with Crippen molar-refractivity contribution in [2.24, 2.45) is 0 Å². The molecular formula is C15H16N2O4. The van der Waals surface area contributed by atoms with Gasteiger partial charge in [0.15, 0.2) is 0 Å². The number of hydroxylamine groups is 2. The number of carbonyl (C=O) groups excluding carboxylic acids is 3. The van der Waals surface area contributed by atoms with E-state index in [1.54, 1.807) is 11.0 Å². The number of carbonyl (C=O) groups is 3. The summed E-state index contributed by atoms with van der Waals surface area (Å²) in [7, 11) is 0. The molecule has 0 atom stereocenters. The Morgan fingerprint density at radius 2 is 1.76 bits per heavy atom. The van der Waals surface area contributed by atoms with E-state index in [4.69, 9.17) is 4.84 Å². The van der Waals surface area contributed by atoms with Crippen molar-refractivity contribution in [3.05, 3.63) is 35.8 Å². The Balaban J connectivity index is 1.63. The van der Waals surface area contributed by atoms with Crippen LogP contribution in [-0.4, -0.2) is 34.2 Å². The van der Waals surface area contributed by atoms with Gasteiger partial charge in [0.1, 0.15) is 5.76 Å². The van der Waals surface area contributed by atoms with Crippen molar-refractivity contribution < 1.29 is 19.2 Å². The van der Waals surface area contributed by atoms with E-state index in [9.17, 15) is 14.4 Å². The van der Waals surface area contributed by atoms with Crippen LogP contribution in [0.4, 0.5) is 0 Å². The molecule has 0 spiro atoms. The molecule has 0 aromatic rings. The van der Waals surface area contributed by atoms with Crippen LogP contribution in [-0.2, 0) is 19.2 Å². The second-order valence-electron chi connectivity index (χ2n) is 5.26. The molecular weight excluding hydrogens is 272 g/mol. The minimum atomic E-state index is -0.304. The van der Waals surface area contributed by atoms with Crippen LogP contribution in [0, 0.1) is 0 Å². The summed E-state index contributed by atoms with van der Waals surface area (Å²) < 4.78 is 0. The average Bonchev–Trinajstić information content (AvgIpc) is 3.19. The van der Waals surface area contributed by atoms with Crippen LogP contribution in [0.15, 0.2) is 35.8 Å². The van der Waals surface area contributed by atoms with Crippen molar-refractivity contribution in [1.29, 1.82) is 0 Å². The molecule has 3 rings (SSSR count). The van der Waals surface area contributed by atoms with E-state index in [1.165, 1.54) is 6.08 Å². The van der Waals surface area contributed by atoms with Gasteiger partial charge in [-0.1, -0.05) is 6.58 Å². The van der Waals surface area contributed by atoms with Gasteiger partial charge in [-0.05, 0) is 24.5 Å². The second kappa shape index (κ2) is 5.20. The summed E-state index contributed by atoms with van der Waals surface area (Å²) in [5.41, 5.74) is 1.75. The number of hydrogen-bond acceptors (Lipinski definition) is 4. The highest BCUT2D eigenvalue weighted by molar-refractivity contribution is 6.00. The van der Waals surface area contributed by atoms with Crippen LogP contribution >= 0.6 is 0 Å². The Labute approximate surface area is 122 Å². The lowest BCUT2D eigenvalue weighted by molar-refractivity contribution is -0.177. The van der Waals surface area contributed by atoms with Crippen molar-refractivity contribution in [3.63, 3.8) is 0 Å². The van der Waals surface area contributed by atoms with Gasteiger partial charge in [0.25, 0.3) is 17.7 Å². The number of imide groups is 1. The SMILES string of the molecule is C=C1C=CC(=O)N1CCC(ON1C(=O)CCC1=O)=C1CC1. The number of hydrogen-bond donors (Lipinski definition) is 0. The maximum Gasteiger partial charge on any atom is 0.263 e. The van der Waals surface area contributed by atoms with Gasteiger partial charge in [0.05, 0.1) is 0 Å². The Bertz CT molecular complexity index is 563. The molecule has 0 N–H and O–H groups in total. The number of rotatable bonds is 5. The van der Waals surface area contributed by atoms with E-state index in [-0.39, 0.29) is 30.6 Å². The maximum atomic E-state index is 11.6. The molecule has 1 saturated heterocycles. The minimum absolute atomic E-state index is 0.103. The molecule has 0 aromatic carbocycles. The molecule has 0 radical (unpaired) electrons. The lowest BCUT2D eigenvalue weighted by atomic mass is 10.3. The summed E-state index contributed by atoms with van der Waals surface area (Å²) in [4.78, 5) is 41.9. The fourth-order valence-corrected chi connectivity index (χ4v) is 2.35. The first-order chi connectivity index (χ1) is 10.1. The zero-order chi connectivity index (χ0) is 15.0. The molecule has 6 nitrogen and oxygen atoms in total. The van der Waals surface area contributed by atoms with Gasteiger partial charge in [-0.25, -0.2) is 0 Å². The predicted molar refractivity (Wildman–Crippen MR) is 73.0 cm³/mol. The molecule has 2 heterocycles. The van der Waals surface area contributed by atoms with E-state index in [0.29, 0.717) is 24.4 Å². The van der Waals surface area contributed by atoms with E-state index in [1.807, 2.05) is 0 Å². The lowest BCUT2D eigenvalue weighted by Gasteiger charge is -2.20. The molecule has 3 amide bonds. The standard InChI is InChI=1S/C15H16N2O4/c1-10-2-5-13(18)16(10)9-8-12(11-3-4-11)21-17-14(19)6-7-15(17)20/h2,5H,1,3-4,6-9H2.